The Bertz CT molecular complexity index is 352. The number of carboxylic acid groups (broad SMARTS) is 1. The van der Waals surface area contributed by atoms with Crippen molar-refractivity contribution in [1.29, 1.82) is 0 Å². The Morgan fingerprint density at radius 1 is 1.57 bits per heavy atom. The van der Waals surface area contributed by atoms with Gasteiger partial charge in [0.25, 0.3) is 0 Å². The maximum absolute atomic E-state index is 12.9. The third kappa shape index (κ3) is 2.42. The molecule has 1 unspecified atom stereocenters. The highest BCUT2D eigenvalue weighted by atomic mass is 19.1. The summed E-state index contributed by atoms with van der Waals surface area (Å²) in [4.78, 5) is 10.1. The minimum absolute atomic E-state index is 0.150. The number of halogens is 2. The summed E-state index contributed by atoms with van der Waals surface area (Å²) >= 11 is 0. The molecular weight excluding hydrogens is 194 g/mol. The first-order valence-electron chi connectivity index (χ1n) is 3.80. The molecule has 0 amide bonds. The second-order valence-electron chi connectivity index (χ2n) is 2.68. The predicted molar refractivity (Wildman–Crippen MR) is 44.3 cm³/mol. The normalized spacial score (nSPS) is 12.2. The van der Waals surface area contributed by atoms with Crippen LogP contribution < -0.4 is 4.74 Å². The second-order valence-corrected chi connectivity index (χ2v) is 2.68. The van der Waals surface area contributed by atoms with E-state index >= 15 is 0 Å². The van der Waals surface area contributed by atoms with E-state index in [9.17, 15) is 13.6 Å². The van der Waals surface area contributed by atoms with Gasteiger partial charge in [0.15, 0.2) is 0 Å². The molecule has 0 heterocycles. The molecule has 1 N–H and O–H groups in total. The van der Waals surface area contributed by atoms with Gasteiger partial charge in [-0.2, -0.15) is 4.39 Å². The van der Waals surface area contributed by atoms with E-state index in [1.165, 1.54) is 19.1 Å². The van der Waals surface area contributed by atoms with Crippen molar-refractivity contribution in [2.24, 2.45) is 0 Å². The summed E-state index contributed by atoms with van der Waals surface area (Å²) in [5.41, 5.74) is 0.378. The Balaban J connectivity index is 2.78. The third-order valence-electron chi connectivity index (χ3n) is 1.58. The van der Waals surface area contributed by atoms with Crippen LogP contribution >= 0.6 is 0 Å². The highest BCUT2D eigenvalue weighted by Gasteiger charge is 2.17. The molecule has 0 fully saturated rings. The highest BCUT2D eigenvalue weighted by Crippen LogP contribution is 2.17. The second kappa shape index (κ2) is 4.04. The average Bonchev–Trinajstić information content (AvgIpc) is 2.11. The average molecular weight is 202 g/mol. The number of carboxylic acids is 1. The Morgan fingerprint density at radius 3 is 2.71 bits per heavy atom. The summed E-state index contributed by atoms with van der Waals surface area (Å²) in [7, 11) is 0. The van der Waals surface area contributed by atoms with Crippen molar-refractivity contribution in [2.45, 2.75) is 13.3 Å². The highest BCUT2D eigenvalue weighted by molar-refractivity contribution is 5.70. The van der Waals surface area contributed by atoms with E-state index in [0.717, 1.165) is 6.07 Å². The molecule has 14 heavy (non-hydrogen) atoms. The molecule has 0 radical (unpaired) electrons. The fourth-order valence-corrected chi connectivity index (χ4v) is 0.817. The van der Waals surface area contributed by atoms with E-state index in [4.69, 9.17) is 5.11 Å². The van der Waals surface area contributed by atoms with Gasteiger partial charge in [0.05, 0.1) is 0 Å². The third-order valence-corrected chi connectivity index (χ3v) is 1.58. The Labute approximate surface area is 78.9 Å². The topological polar surface area (TPSA) is 46.5 Å². The zero-order valence-corrected chi connectivity index (χ0v) is 7.33. The van der Waals surface area contributed by atoms with Gasteiger partial charge in [-0.15, -0.1) is 0 Å². The smallest absolute Gasteiger partial charge is 0.378 e. The molecular formula is C9H8F2O3. The lowest BCUT2D eigenvalue weighted by Crippen LogP contribution is -2.21. The zero-order valence-electron chi connectivity index (χ0n) is 7.33. The van der Waals surface area contributed by atoms with E-state index < -0.39 is 18.1 Å². The van der Waals surface area contributed by atoms with E-state index in [0.29, 0.717) is 5.56 Å². The Kier molecular flexibility index (Phi) is 3.01. The number of rotatable bonds is 3. The van der Waals surface area contributed by atoms with Gasteiger partial charge >= 0.3 is 12.3 Å². The zero-order chi connectivity index (χ0) is 10.7. The number of aryl methyl sites for hydroxylation is 1. The van der Waals surface area contributed by atoms with E-state index in [2.05, 4.69) is 4.74 Å². The number of carbonyl (C=O) groups is 1. The fraction of sp³-hybridized carbons (Fsp3) is 0.222. The summed E-state index contributed by atoms with van der Waals surface area (Å²) in [5.74, 6) is -2.46. The number of hydrogen-bond acceptors (Lipinski definition) is 2. The van der Waals surface area contributed by atoms with Gasteiger partial charge in [0, 0.05) is 6.07 Å². The summed E-state index contributed by atoms with van der Waals surface area (Å²) in [5, 5.41) is 8.17. The summed E-state index contributed by atoms with van der Waals surface area (Å²) in [6.07, 6.45) is -2.47. The lowest BCUT2D eigenvalue weighted by molar-refractivity contribution is -0.153. The van der Waals surface area contributed by atoms with Crippen molar-refractivity contribution in [3.8, 4) is 5.75 Å². The van der Waals surface area contributed by atoms with Gasteiger partial charge in [-0.05, 0) is 18.6 Å². The Hall–Kier alpha value is -1.65. The summed E-state index contributed by atoms with van der Waals surface area (Å²) in [6.45, 7) is 1.53. The van der Waals surface area contributed by atoms with Crippen LogP contribution in [0.25, 0.3) is 0 Å². The molecule has 0 aliphatic heterocycles. The van der Waals surface area contributed by atoms with Crippen LogP contribution in [0.5, 0.6) is 5.75 Å². The molecule has 5 heteroatoms. The first-order chi connectivity index (χ1) is 6.50. The van der Waals surface area contributed by atoms with Crippen LogP contribution in [0.15, 0.2) is 18.2 Å². The van der Waals surface area contributed by atoms with Crippen LogP contribution in [0.2, 0.25) is 0 Å². The maximum Gasteiger partial charge on any atom is 0.378 e. The largest absolute Gasteiger partial charge is 0.476 e. The van der Waals surface area contributed by atoms with Crippen LogP contribution in [0.4, 0.5) is 8.78 Å². The first kappa shape index (κ1) is 10.4. The van der Waals surface area contributed by atoms with E-state index in [1.54, 1.807) is 0 Å². The lowest BCUT2D eigenvalue weighted by Gasteiger charge is -2.07. The molecule has 0 spiro atoms. The minimum Gasteiger partial charge on any atom is -0.476 e. The van der Waals surface area contributed by atoms with Crippen molar-refractivity contribution < 1.29 is 23.4 Å². The number of hydrogen-bond donors (Lipinski definition) is 1. The first-order valence-corrected chi connectivity index (χ1v) is 3.80. The summed E-state index contributed by atoms with van der Waals surface area (Å²) in [6, 6.07) is 3.61. The number of ether oxygens (including phenoxy) is 1. The van der Waals surface area contributed by atoms with Gasteiger partial charge in [-0.25, -0.2) is 9.18 Å². The molecule has 76 valence electrons. The van der Waals surface area contributed by atoms with Gasteiger partial charge in [-0.1, -0.05) is 6.07 Å². The van der Waals surface area contributed by atoms with Crippen molar-refractivity contribution >= 4 is 5.97 Å². The fourth-order valence-electron chi connectivity index (χ4n) is 0.817. The van der Waals surface area contributed by atoms with Crippen LogP contribution in [0.3, 0.4) is 0 Å². The minimum atomic E-state index is -2.47. The SMILES string of the molecule is Cc1ccc(OC(F)C(=O)O)cc1F. The molecule has 3 nitrogen and oxygen atoms in total. The molecule has 0 saturated heterocycles. The predicted octanol–water partition coefficient (Wildman–Crippen LogP) is 1.89. The van der Waals surface area contributed by atoms with Crippen molar-refractivity contribution in [3.05, 3.63) is 29.6 Å². The number of benzene rings is 1. The monoisotopic (exact) mass is 202 g/mol. The quantitative estimate of drug-likeness (QED) is 0.814. The van der Waals surface area contributed by atoms with Crippen molar-refractivity contribution in [1.82, 2.24) is 0 Å². The lowest BCUT2D eigenvalue weighted by atomic mass is 10.2. The van der Waals surface area contributed by atoms with Gasteiger partial charge in [-0.3, -0.25) is 0 Å². The number of aliphatic carboxylic acids is 1. The molecule has 1 aromatic rings. The van der Waals surface area contributed by atoms with Crippen LogP contribution in [0.1, 0.15) is 5.56 Å². The Morgan fingerprint density at radius 2 is 2.21 bits per heavy atom. The molecule has 1 atom stereocenters. The molecule has 0 aliphatic carbocycles. The van der Waals surface area contributed by atoms with Gasteiger partial charge < -0.3 is 9.84 Å². The van der Waals surface area contributed by atoms with Gasteiger partial charge in [0.1, 0.15) is 11.6 Å². The standard InChI is InChI=1S/C9H8F2O3/c1-5-2-3-6(4-7(5)10)14-8(11)9(12)13/h2-4,8H,1H3,(H,12,13). The van der Waals surface area contributed by atoms with Crippen molar-refractivity contribution in [2.75, 3.05) is 0 Å². The van der Waals surface area contributed by atoms with E-state index in [1.807, 2.05) is 0 Å². The van der Waals surface area contributed by atoms with Gasteiger partial charge in [0.2, 0.25) is 0 Å². The maximum atomic E-state index is 12.9. The molecule has 1 rings (SSSR count). The van der Waals surface area contributed by atoms with Crippen molar-refractivity contribution in [3.63, 3.8) is 0 Å². The van der Waals surface area contributed by atoms with Crippen LogP contribution in [-0.2, 0) is 4.79 Å². The molecule has 0 saturated carbocycles. The molecule has 0 aromatic heterocycles. The van der Waals surface area contributed by atoms with Crippen LogP contribution in [-0.4, -0.2) is 17.4 Å². The molecule has 1 aromatic carbocycles. The number of alkyl halides is 1. The van der Waals surface area contributed by atoms with Crippen LogP contribution in [0, 0.1) is 12.7 Å². The van der Waals surface area contributed by atoms with E-state index in [-0.39, 0.29) is 5.75 Å². The molecule has 0 aliphatic rings. The summed E-state index contributed by atoms with van der Waals surface area (Å²) < 4.78 is 29.7. The molecule has 0 bridgehead atoms.